The van der Waals surface area contributed by atoms with Crippen molar-refractivity contribution in [1.82, 2.24) is 4.67 Å². The van der Waals surface area contributed by atoms with E-state index in [4.69, 9.17) is 19.0 Å². The average Bonchev–Trinajstić information content (AvgIpc) is 3.30. The van der Waals surface area contributed by atoms with E-state index in [0.29, 0.717) is 31.1 Å². The number of nitrogens with zero attached hydrogens (tertiary/aromatic N) is 3. The molecule has 8 heteroatoms. The van der Waals surface area contributed by atoms with Crippen molar-refractivity contribution in [2.75, 3.05) is 26.2 Å². The zero-order valence-corrected chi connectivity index (χ0v) is 21.9. The van der Waals surface area contributed by atoms with Gasteiger partial charge in [-0.05, 0) is 43.1 Å². The van der Waals surface area contributed by atoms with E-state index in [2.05, 4.69) is 43.4 Å². The highest BCUT2D eigenvalue weighted by Gasteiger charge is 2.63. The van der Waals surface area contributed by atoms with Crippen molar-refractivity contribution in [3.8, 4) is 6.07 Å². The molecule has 3 rings (SSSR count). The molecule has 2 bridgehead atoms. The van der Waals surface area contributed by atoms with Crippen LogP contribution in [0.15, 0.2) is 35.3 Å². The van der Waals surface area contributed by atoms with Crippen molar-refractivity contribution in [2.24, 2.45) is 16.8 Å². The Morgan fingerprint density at radius 3 is 2.59 bits per heavy atom. The molecule has 1 aliphatic carbocycles. The van der Waals surface area contributed by atoms with Gasteiger partial charge in [0.2, 0.25) is 0 Å². The maximum atomic E-state index is 12.6. The molecule has 6 atom stereocenters. The third kappa shape index (κ3) is 6.17. The number of hydrogen-bond acceptors (Lipinski definition) is 7. The van der Waals surface area contributed by atoms with E-state index >= 15 is 0 Å². The summed E-state index contributed by atoms with van der Waals surface area (Å²) in [6.45, 7) is 11.2. The predicted octanol–water partition coefficient (Wildman–Crippen LogP) is 4.66. The monoisotopic (exact) mass is 488 g/mol. The smallest absolute Gasteiger partial charge is 0.259 e. The fraction of sp³-hybridized carbons (Fsp3) is 0.692. The van der Waals surface area contributed by atoms with Crippen LogP contribution in [0.2, 0.25) is 0 Å². The van der Waals surface area contributed by atoms with E-state index in [1.807, 2.05) is 18.2 Å². The van der Waals surface area contributed by atoms with Gasteiger partial charge in [0.25, 0.3) is 8.53 Å². The van der Waals surface area contributed by atoms with Crippen LogP contribution in [0.4, 0.5) is 0 Å². The van der Waals surface area contributed by atoms with E-state index in [1.165, 1.54) is 0 Å². The topological polar surface area (TPSA) is 90.1 Å². The van der Waals surface area contributed by atoms with Gasteiger partial charge in [-0.3, -0.25) is 4.99 Å². The second kappa shape index (κ2) is 13.0. The first-order valence-electron chi connectivity index (χ1n) is 12.7. The van der Waals surface area contributed by atoms with Gasteiger partial charge in [-0.2, -0.15) is 5.26 Å². The van der Waals surface area contributed by atoms with Crippen LogP contribution in [0.25, 0.3) is 0 Å². The maximum Gasteiger partial charge on any atom is 0.259 e. The minimum absolute atomic E-state index is 0.107. The van der Waals surface area contributed by atoms with Gasteiger partial charge in [-0.15, -0.1) is 0 Å². The van der Waals surface area contributed by atoms with Crippen molar-refractivity contribution < 1.29 is 18.9 Å². The number of rotatable bonds is 14. The van der Waals surface area contributed by atoms with Crippen LogP contribution < -0.4 is 5.11 Å². The zero-order valence-electron chi connectivity index (χ0n) is 21.0. The highest BCUT2D eigenvalue weighted by atomic mass is 31.2. The van der Waals surface area contributed by atoms with Gasteiger partial charge >= 0.3 is 0 Å². The molecule has 34 heavy (non-hydrogen) atoms. The van der Waals surface area contributed by atoms with Crippen LogP contribution in [0.3, 0.4) is 0 Å². The Bertz CT molecular complexity index is 827. The lowest BCUT2D eigenvalue weighted by atomic mass is 9.91. The molecule has 1 aliphatic heterocycles. The first-order chi connectivity index (χ1) is 16.5. The summed E-state index contributed by atoms with van der Waals surface area (Å²) in [4.78, 5) is 4.37. The molecule has 1 saturated heterocycles. The summed E-state index contributed by atoms with van der Waals surface area (Å²) >= 11 is 0. The van der Waals surface area contributed by atoms with Crippen molar-refractivity contribution in [1.29, 1.82) is 5.26 Å². The third-order valence-corrected chi connectivity index (χ3v) is 8.53. The molecule has 1 aromatic rings. The van der Waals surface area contributed by atoms with Crippen LogP contribution in [-0.4, -0.2) is 54.6 Å². The molecule has 1 saturated carbocycles. The Labute approximate surface area is 206 Å². The Hall–Kier alpha value is -1.55. The summed E-state index contributed by atoms with van der Waals surface area (Å²) in [5.41, 5.74) is 0.212. The summed E-state index contributed by atoms with van der Waals surface area (Å²) in [5.74, 6) is 0.358. The summed E-state index contributed by atoms with van der Waals surface area (Å²) in [7, 11) is -1.30. The van der Waals surface area contributed by atoms with Gasteiger partial charge in [-0.25, -0.2) is 4.67 Å². The van der Waals surface area contributed by atoms with Gasteiger partial charge < -0.3 is 18.9 Å². The molecule has 1 unspecified atom stereocenters. The van der Waals surface area contributed by atoms with Gasteiger partial charge in [-0.1, -0.05) is 58.0 Å². The third-order valence-electron chi connectivity index (χ3n) is 6.86. The SMILES string of the molecule is CCCN(CCC)P(OCCC#N)O[C@H]1[C@H]2[C@H](CN=C([O-])c3ccccc3)O[C@@]1(CC)C[C@@H]2C. The maximum absolute atomic E-state index is 12.6. The molecular weight excluding hydrogens is 449 g/mol. The average molecular weight is 489 g/mol. The van der Waals surface area contributed by atoms with Crippen LogP contribution in [0.5, 0.6) is 0 Å². The predicted molar refractivity (Wildman–Crippen MR) is 133 cm³/mol. The van der Waals surface area contributed by atoms with Crippen molar-refractivity contribution in [3.63, 3.8) is 0 Å². The van der Waals surface area contributed by atoms with Crippen LogP contribution in [-0.2, 0) is 13.8 Å². The Kier molecular flexibility index (Phi) is 10.3. The van der Waals surface area contributed by atoms with E-state index in [9.17, 15) is 5.11 Å². The molecule has 188 valence electrons. The van der Waals surface area contributed by atoms with E-state index in [1.54, 1.807) is 12.1 Å². The van der Waals surface area contributed by atoms with E-state index in [-0.39, 0.29) is 29.6 Å². The first kappa shape index (κ1) is 27.0. The fourth-order valence-electron chi connectivity index (χ4n) is 5.34. The van der Waals surface area contributed by atoms with Crippen molar-refractivity contribution in [3.05, 3.63) is 35.9 Å². The molecule has 0 aromatic heterocycles. The number of hydrogen-bond donors (Lipinski definition) is 0. The van der Waals surface area contributed by atoms with Gasteiger partial charge in [0.05, 0.1) is 37.3 Å². The van der Waals surface area contributed by atoms with Gasteiger partial charge in [0, 0.05) is 19.0 Å². The largest absolute Gasteiger partial charge is 0.858 e. The second-order valence-corrected chi connectivity index (χ2v) is 10.8. The lowest BCUT2D eigenvalue weighted by Crippen LogP contribution is -2.39. The number of nitriles is 1. The number of benzene rings is 1. The lowest BCUT2D eigenvalue weighted by Gasteiger charge is -2.35. The molecule has 2 aliphatic rings. The van der Waals surface area contributed by atoms with Gasteiger partial charge in [0.1, 0.15) is 6.10 Å². The van der Waals surface area contributed by atoms with Crippen LogP contribution in [0, 0.1) is 23.2 Å². The quantitative estimate of drug-likeness (QED) is 0.164. The Balaban J connectivity index is 1.79. The summed E-state index contributed by atoms with van der Waals surface area (Å²) in [5, 5.41) is 21.6. The Morgan fingerprint density at radius 2 is 1.97 bits per heavy atom. The molecule has 1 heterocycles. The van der Waals surface area contributed by atoms with Gasteiger partial charge in [0.15, 0.2) is 0 Å². The standard InChI is InChI=1S/C26H40N3O4P/c1-5-15-29(16-6-2)34(31-17-11-14-27)33-24-23-20(4)18-26(24,7-3)32-22(23)19-28-25(30)21-12-9-8-10-13-21/h8-10,12-13,20,22-24H,5-7,11,15-19H2,1-4H3,(H,28,30)/p-1/t20-,22-,23+,24-,26-,34?/m0/s1. The van der Waals surface area contributed by atoms with E-state index < -0.39 is 8.53 Å². The van der Waals surface area contributed by atoms with Crippen molar-refractivity contribution >= 4 is 14.4 Å². The molecule has 2 fully saturated rings. The van der Waals surface area contributed by atoms with Crippen LogP contribution in [0.1, 0.15) is 65.4 Å². The summed E-state index contributed by atoms with van der Waals surface area (Å²) in [6.07, 6.45) is 3.87. The highest BCUT2D eigenvalue weighted by Crippen LogP contribution is 2.59. The molecule has 7 nitrogen and oxygen atoms in total. The Morgan fingerprint density at radius 1 is 1.26 bits per heavy atom. The minimum atomic E-state index is -1.30. The molecule has 0 N–H and O–H groups in total. The van der Waals surface area contributed by atoms with E-state index in [0.717, 1.165) is 38.8 Å². The lowest BCUT2D eigenvalue weighted by molar-refractivity contribution is -0.213. The summed E-state index contributed by atoms with van der Waals surface area (Å²) in [6, 6.07) is 11.3. The number of ether oxygens (including phenoxy) is 1. The van der Waals surface area contributed by atoms with Crippen LogP contribution >= 0.6 is 8.53 Å². The molecule has 0 amide bonds. The highest BCUT2D eigenvalue weighted by molar-refractivity contribution is 7.44. The molecule has 0 spiro atoms. The summed E-state index contributed by atoms with van der Waals surface area (Å²) < 4.78 is 21.9. The molecule has 0 radical (unpaired) electrons. The normalized spacial score (nSPS) is 29.5. The number of aliphatic imine (C=N–C) groups is 1. The van der Waals surface area contributed by atoms with Crippen molar-refractivity contribution in [2.45, 2.75) is 77.6 Å². The second-order valence-electron chi connectivity index (χ2n) is 9.30. The molecule has 1 aromatic carbocycles. The zero-order chi connectivity index (χ0) is 24.6. The minimum Gasteiger partial charge on any atom is -0.858 e. The first-order valence-corrected chi connectivity index (χ1v) is 13.8. The number of fused-ring (bicyclic) bond motifs is 2. The fourth-order valence-corrected chi connectivity index (χ4v) is 7.20. The molecular formula is C26H39N3O4P-.